The Morgan fingerprint density at radius 1 is 1.12 bits per heavy atom. The first-order chi connectivity index (χ1) is 12.0. The van der Waals surface area contributed by atoms with Gasteiger partial charge in [0.2, 0.25) is 17.7 Å². The molecule has 0 radical (unpaired) electrons. The SMILES string of the molecule is COc1cc(OC)nc(NC(c2ccc(F)cc2F)C2CC(O)C2)n1. The van der Waals surface area contributed by atoms with Crippen LogP contribution < -0.4 is 14.8 Å². The third kappa shape index (κ3) is 3.79. The lowest BCUT2D eigenvalue weighted by atomic mass is 9.75. The van der Waals surface area contributed by atoms with Crippen LogP contribution in [-0.4, -0.2) is 35.4 Å². The van der Waals surface area contributed by atoms with Crippen LogP contribution in [0.2, 0.25) is 0 Å². The fourth-order valence-corrected chi connectivity index (χ4v) is 2.92. The Morgan fingerprint density at radius 2 is 1.76 bits per heavy atom. The van der Waals surface area contributed by atoms with Crippen LogP contribution in [0.25, 0.3) is 0 Å². The Balaban J connectivity index is 1.93. The molecule has 0 saturated heterocycles. The number of benzene rings is 1. The number of hydrogen-bond donors (Lipinski definition) is 2. The second kappa shape index (κ2) is 7.18. The number of hydrogen-bond acceptors (Lipinski definition) is 6. The second-order valence-electron chi connectivity index (χ2n) is 5.95. The van der Waals surface area contributed by atoms with Gasteiger partial charge in [0.25, 0.3) is 0 Å². The molecule has 0 amide bonds. The number of nitrogens with one attached hydrogen (secondary N) is 1. The van der Waals surface area contributed by atoms with Crippen LogP contribution in [-0.2, 0) is 0 Å². The van der Waals surface area contributed by atoms with Crippen LogP contribution in [0.4, 0.5) is 14.7 Å². The van der Waals surface area contributed by atoms with Crippen LogP contribution >= 0.6 is 0 Å². The van der Waals surface area contributed by atoms with Crippen LogP contribution in [0.5, 0.6) is 11.8 Å². The molecule has 2 N–H and O–H groups in total. The van der Waals surface area contributed by atoms with E-state index in [1.54, 1.807) is 0 Å². The van der Waals surface area contributed by atoms with E-state index in [4.69, 9.17) is 9.47 Å². The molecule has 1 atom stereocenters. The maximum Gasteiger partial charge on any atom is 0.229 e. The summed E-state index contributed by atoms with van der Waals surface area (Å²) >= 11 is 0. The first-order valence-electron chi connectivity index (χ1n) is 7.86. The van der Waals surface area contributed by atoms with Crippen LogP contribution in [0.15, 0.2) is 24.3 Å². The largest absolute Gasteiger partial charge is 0.481 e. The van der Waals surface area contributed by atoms with Gasteiger partial charge in [0.1, 0.15) is 11.6 Å². The Bertz CT molecular complexity index is 732. The predicted octanol–water partition coefficient (Wildman–Crippen LogP) is 2.70. The average molecular weight is 351 g/mol. The highest BCUT2D eigenvalue weighted by Gasteiger charge is 2.36. The third-order valence-corrected chi connectivity index (χ3v) is 4.30. The van der Waals surface area contributed by atoms with Crippen molar-refractivity contribution in [3.63, 3.8) is 0 Å². The van der Waals surface area contributed by atoms with E-state index < -0.39 is 23.8 Å². The van der Waals surface area contributed by atoms with E-state index in [9.17, 15) is 13.9 Å². The molecule has 1 aromatic carbocycles. The van der Waals surface area contributed by atoms with Crippen molar-refractivity contribution in [2.24, 2.45) is 5.92 Å². The number of aromatic nitrogens is 2. The molecule has 1 fully saturated rings. The lowest BCUT2D eigenvalue weighted by Gasteiger charge is -2.38. The first kappa shape index (κ1) is 17.3. The molecular formula is C17H19F2N3O3. The van der Waals surface area contributed by atoms with Crippen LogP contribution in [0.3, 0.4) is 0 Å². The molecule has 1 heterocycles. The van der Waals surface area contributed by atoms with Gasteiger partial charge in [-0.3, -0.25) is 0 Å². The molecule has 1 unspecified atom stereocenters. The molecule has 2 aromatic rings. The van der Waals surface area contributed by atoms with Crippen LogP contribution in [0, 0.1) is 17.6 Å². The molecule has 0 aliphatic heterocycles. The third-order valence-electron chi connectivity index (χ3n) is 4.30. The average Bonchev–Trinajstić information content (AvgIpc) is 2.57. The molecule has 8 heteroatoms. The molecule has 3 rings (SSSR count). The van der Waals surface area contributed by atoms with Gasteiger partial charge in [-0.2, -0.15) is 9.97 Å². The number of nitrogens with zero attached hydrogens (tertiary/aromatic N) is 2. The summed E-state index contributed by atoms with van der Waals surface area (Å²) in [4.78, 5) is 8.38. The fourth-order valence-electron chi connectivity index (χ4n) is 2.92. The van der Waals surface area contributed by atoms with Gasteiger partial charge in [-0.25, -0.2) is 8.78 Å². The molecule has 25 heavy (non-hydrogen) atoms. The molecule has 1 aliphatic carbocycles. The van der Waals surface area contributed by atoms with Crippen molar-refractivity contribution >= 4 is 5.95 Å². The second-order valence-corrected chi connectivity index (χ2v) is 5.95. The lowest BCUT2D eigenvalue weighted by Crippen LogP contribution is -2.36. The van der Waals surface area contributed by atoms with E-state index in [0.717, 1.165) is 6.07 Å². The molecule has 1 aliphatic rings. The number of ether oxygens (including phenoxy) is 2. The summed E-state index contributed by atoms with van der Waals surface area (Å²) in [7, 11) is 2.93. The van der Waals surface area contributed by atoms with Gasteiger partial charge in [0, 0.05) is 11.6 Å². The zero-order valence-corrected chi connectivity index (χ0v) is 13.9. The minimum Gasteiger partial charge on any atom is -0.481 e. The van der Waals surface area contributed by atoms with Gasteiger partial charge in [-0.15, -0.1) is 0 Å². The van der Waals surface area contributed by atoms with Crippen molar-refractivity contribution in [3.8, 4) is 11.8 Å². The maximum absolute atomic E-state index is 14.3. The molecule has 6 nitrogen and oxygen atoms in total. The van der Waals surface area contributed by atoms with E-state index in [1.165, 1.54) is 32.4 Å². The van der Waals surface area contributed by atoms with Crippen molar-refractivity contribution in [3.05, 3.63) is 41.5 Å². The van der Waals surface area contributed by atoms with Gasteiger partial charge in [-0.1, -0.05) is 6.07 Å². The van der Waals surface area contributed by atoms with E-state index in [0.29, 0.717) is 30.2 Å². The number of halogens is 2. The minimum absolute atomic E-state index is 0.0317. The number of aliphatic hydroxyl groups excluding tert-OH is 1. The Hall–Kier alpha value is -2.48. The smallest absolute Gasteiger partial charge is 0.229 e. The molecule has 1 saturated carbocycles. The highest BCUT2D eigenvalue weighted by atomic mass is 19.1. The van der Waals surface area contributed by atoms with Gasteiger partial charge in [0.05, 0.1) is 32.4 Å². The normalized spacial score (nSPS) is 20.5. The molecule has 1 aromatic heterocycles. The monoisotopic (exact) mass is 351 g/mol. The summed E-state index contributed by atoms with van der Waals surface area (Å²) in [5.74, 6) is -0.550. The molecule has 134 valence electrons. The highest BCUT2D eigenvalue weighted by Crippen LogP contribution is 2.40. The Labute approximate surface area is 143 Å². The molecular weight excluding hydrogens is 332 g/mol. The zero-order valence-electron chi connectivity index (χ0n) is 13.9. The Morgan fingerprint density at radius 3 is 2.28 bits per heavy atom. The number of methoxy groups -OCH3 is 2. The molecule has 0 spiro atoms. The standard InChI is InChI=1S/C17H19F2N3O3/c1-24-14-8-15(25-2)21-17(20-14)22-16(9-5-11(23)6-9)12-4-3-10(18)7-13(12)19/h3-4,7-9,11,16,23H,5-6H2,1-2H3,(H,20,21,22). The van der Waals surface area contributed by atoms with Crippen molar-refractivity contribution in [2.45, 2.75) is 25.0 Å². The number of aliphatic hydroxyl groups is 1. The van der Waals surface area contributed by atoms with E-state index in [1.807, 2.05) is 0 Å². The van der Waals surface area contributed by atoms with Gasteiger partial charge < -0.3 is 19.9 Å². The minimum atomic E-state index is -0.659. The van der Waals surface area contributed by atoms with E-state index in [2.05, 4.69) is 15.3 Å². The summed E-state index contributed by atoms with van der Waals surface area (Å²) in [6.07, 6.45) is 0.601. The van der Waals surface area contributed by atoms with E-state index in [-0.39, 0.29) is 11.9 Å². The van der Waals surface area contributed by atoms with Gasteiger partial charge >= 0.3 is 0 Å². The van der Waals surface area contributed by atoms with Crippen LogP contribution in [0.1, 0.15) is 24.4 Å². The fraction of sp³-hybridized carbons (Fsp3) is 0.412. The van der Waals surface area contributed by atoms with E-state index >= 15 is 0 Å². The van der Waals surface area contributed by atoms with Crippen molar-refractivity contribution < 1.29 is 23.4 Å². The lowest BCUT2D eigenvalue weighted by molar-refractivity contribution is 0.0333. The molecule has 0 bridgehead atoms. The maximum atomic E-state index is 14.3. The summed E-state index contributed by atoms with van der Waals surface area (Å²) < 4.78 is 37.7. The topological polar surface area (TPSA) is 76.5 Å². The van der Waals surface area contributed by atoms with Crippen molar-refractivity contribution in [1.82, 2.24) is 9.97 Å². The Kier molecular flexibility index (Phi) is 4.98. The predicted molar refractivity (Wildman–Crippen MR) is 86.6 cm³/mol. The van der Waals surface area contributed by atoms with Gasteiger partial charge in [-0.05, 0) is 24.8 Å². The first-order valence-corrected chi connectivity index (χ1v) is 7.86. The number of rotatable bonds is 6. The van der Waals surface area contributed by atoms with Crippen molar-refractivity contribution in [2.75, 3.05) is 19.5 Å². The summed E-state index contributed by atoms with van der Waals surface area (Å²) in [5.41, 5.74) is 0.295. The summed E-state index contributed by atoms with van der Waals surface area (Å²) in [5, 5.41) is 12.7. The zero-order chi connectivity index (χ0) is 18.0. The van der Waals surface area contributed by atoms with Gasteiger partial charge in [0.15, 0.2) is 0 Å². The number of anilines is 1. The highest BCUT2D eigenvalue weighted by molar-refractivity contribution is 5.38. The summed E-state index contributed by atoms with van der Waals surface area (Å²) in [6, 6.07) is 4.44. The quantitative estimate of drug-likeness (QED) is 0.833. The summed E-state index contributed by atoms with van der Waals surface area (Å²) in [6.45, 7) is 0. The van der Waals surface area contributed by atoms with Crippen molar-refractivity contribution in [1.29, 1.82) is 0 Å².